The van der Waals surface area contributed by atoms with Crippen molar-refractivity contribution < 1.29 is 14.3 Å². The molecule has 4 N–H and O–H groups in total. The quantitative estimate of drug-likeness (QED) is 0.643. The van der Waals surface area contributed by atoms with Gasteiger partial charge in [0.1, 0.15) is 6.04 Å². The van der Waals surface area contributed by atoms with Crippen molar-refractivity contribution in [2.45, 2.75) is 13.0 Å². The standard InChI is InChI=1S/C8H12N4O3/c1-4(7(10)13)12-3-5(9)6(11-12)8(14)15-2/h3-4H,9H2,1-2H3,(H2,10,13). The van der Waals surface area contributed by atoms with E-state index < -0.39 is 17.9 Å². The maximum absolute atomic E-state index is 11.1. The van der Waals surface area contributed by atoms with Crippen molar-refractivity contribution in [1.29, 1.82) is 0 Å². The third-order valence-corrected chi connectivity index (χ3v) is 1.95. The molecule has 1 heterocycles. The molecule has 1 unspecified atom stereocenters. The highest BCUT2D eigenvalue weighted by Crippen LogP contribution is 2.13. The smallest absolute Gasteiger partial charge is 0.360 e. The second-order valence-corrected chi connectivity index (χ2v) is 2.98. The number of primary amides is 1. The van der Waals surface area contributed by atoms with Crippen LogP contribution in [0.2, 0.25) is 0 Å². The van der Waals surface area contributed by atoms with Crippen molar-refractivity contribution in [3.63, 3.8) is 0 Å². The van der Waals surface area contributed by atoms with E-state index in [1.807, 2.05) is 0 Å². The normalized spacial score (nSPS) is 12.1. The van der Waals surface area contributed by atoms with Crippen LogP contribution >= 0.6 is 0 Å². The van der Waals surface area contributed by atoms with Gasteiger partial charge in [0.15, 0.2) is 5.69 Å². The van der Waals surface area contributed by atoms with Gasteiger partial charge >= 0.3 is 5.97 Å². The second kappa shape index (κ2) is 3.99. The molecule has 0 bridgehead atoms. The SMILES string of the molecule is COC(=O)c1nn(C(C)C(N)=O)cc1N. The Morgan fingerprint density at radius 2 is 2.20 bits per heavy atom. The van der Waals surface area contributed by atoms with Gasteiger partial charge in [-0.15, -0.1) is 0 Å². The van der Waals surface area contributed by atoms with Crippen molar-refractivity contribution in [3.05, 3.63) is 11.9 Å². The Hall–Kier alpha value is -2.05. The molecule has 0 fully saturated rings. The fraction of sp³-hybridized carbons (Fsp3) is 0.375. The molecule has 1 rings (SSSR count). The maximum Gasteiger partial charge on any atom is 0.360 e. The molecule has 0 saturated heterocycles. The third kappa shape index (κ3) is 2.06. The number of amides is 1. The van der Waals surface area contributed by atoms with Gasteiger partial charge in [-0.1, -0.05) is 0 Å². The summed E-state index contributed by atoms with van der Waals surface area (Å²) in [5.74, 6) is -1.21. The molecule has 1 aromatic rings. The molecule has 0 saturated carbocycles. The number of ether oxygens (including phenoxy) is 1. The lowest BCUT2D eigenvalue weighted by Gasteiger charge is -2.06. The van der Waals surface area contributed by atoms with E-state index in [1.165, 1.54) is 18.0 Å². The van der Waals surface area contributed by atoms with Crippen LogP contribution in [0, 0.1) is 0 Å². The summed E-state index contributed by atoms with van der Waals surface area (Å²) in [6.45, 7) is 1.55. The summed E-state index contributed by atoms with van der Waals surface area (Å²) in [6, 6.07) is -0.661. The second-order valence-electron chi connectivity index (χ2n) is 2.98. The van der Waals surface area contributed by atoms with E-state index in [9.17, 15) is 9.59 Å². The molecule has 82 valence electrons. The Bertz CT molecular complexity index is 399. The molecule has 15 heavy (non-hydrogen) atoms. The molecule has 0 spiro atoms. The molecule has 0 aliphatic rings. The van der Waals surface area contributed by atoms with E-state index >= 15 is 0 Å². The fourth-order valence-corrected chi connectivity index (χ4v) is 0.990. The van der Waals surface area contributed by atoms with E-state index in [0.717, 1.165) is 0 Å². The van der Waals surface area contributed by atoms with Gasteiger partial charge < -0.3 is 16.2 Å². The summed E-state index contributed by atoms with van der Waals surface area (Å²) in [7, 11) is 1.22. The number of methoxy groups -OCH3 is 1. The van der Waals surface area contributed by atoms with Gasteiger partial charge in [-0.3, -0.25) is 9.48 Å². The molecule has 0 radical (unpaired) electrons. The van der Waals surface area contributed by atoms with E-state index in [4.69, 9.17) is 11.5 Å². The number of nitrogens with zero attached hydrogens (tertiary/aromatic N) is 2. The minimum absolute atomic E-state index is 0.0226. The van der Waals surface area contributed by atoms with Crippen LogP contribution in [0.1, 0.15) is 23.5 Å². The summed E-state index contributed by atoms with van der Waals surface area (Å²) in [6.07, 6.45) is 1.36. The van der Waals surface area contributed by atoms with Gasteiger partial charge in [-0.25, -0.2) is 4.79 Å². The van der Waals surface area contributed by atoms with Crippen LogP contribution in [-0.2, 0) is 9.53 Å². The van der Waals surface area contributed by atoms with Gasteiger partial charge in [-0.2, -0.15) is 5.10 Å². The lowest BCUT2D eigenvalue weighted by molar-refractivity contribution is -0.120. The predicted molar refractivity (Wildman–Crippen MR) is 51.9 cm³/mol. The van der Waals surface area contributed by atoms with Crippen molar-refractivity contribution in [2.24, 2.45) is 5.73 Å². The molecule has 0 aliphatic carbocycles. The summed E-state index contributed by atoms with van der Waals surface area (Å²) in [5.41, 5.74) is 10.7. The van der Waals surface area contributed by atoms with Gasteiger partial charge in [0.2, 0.25) is 5.91 Å². The molecule has 0 aliphatic heterocycles. The number of hydrogen-bond acceptors (Lipinski definition) is 5. The highest BCUT2D eigenvalue weighted by atomic mass is 16.5. The molecule has 7 nitrogen and oxygen atoms in total. The van der Waals surface area contributed by atoms with Crippen molar-refractivity contribution in [3.8, 4) is 0 Å². The minimum atomic E-state index is -0.661. The van der Waals surface area contributed by atoms with Crippen LogP contribution in [0.15, 0.2) is 6.20 Å². The highest BCUT2D eigenvalue weighted by molar-refractivity contribution is 5.92. The number of nitrogen functional groups attached to an aromatic ring is 1. The van der Waals surface area contributed by atoms with Crippen LogP contribution in [0.25, 0.3) is 0 Å². The lowest BCUT2D eigenvalue weighted by Crippen LogP contribution is -2.24. The molecular weight excluding hydrogens is 200 g/mol. The molecular formula is C8H12N4O3. The Morgan fingerprint density at radius 3 is 2.67 bits per heavy atom. The molecule has 1 atom stereocenters. The van der Waals surface area contributed by atoms with Gasteiger partial charge in [-0.05, 0) is 6.92 Å². The molecule has 0 aromatic carbocycles. The predicted octanol–water partition coefficient (Wildman–Crippen LogP) is -0.702. The fourth-order valence-electron chi connectivity index (χ4n) is 0.990. The van der Waals surface area contributed by atoms with Gasteiger partial charge in [0.05, 0.1) is 12.8 Å². The number of carbonyl (C=O) groups excluding carboxylic acids is 2. The number of carbonyl (C=O) groups is 2. The third-order valence-electron chi connectivity index (χ3n) is 1.95. The summed E-state index contributed by atoms with van der Waals surface area (Å²) >= 11 is 0. The monoisotopic (exact) mass is 212 g/mol. The zero-order chi connectivity index (χ0) is 11.6. The topological polar surface area (TPSA) is 113 Å². The zero-order valence-corrected chi connectivity index (χ0v) is 8.43. The van der Waals surface area contributed by atoms with Gasteiger partial charge in [0.25, 0.3) is 0 Å². The largest absolute Gasteiger partial charge is 0.464 e. The van der Waals surface area contributed by atoms with E-state index in [2.05, 4.69) is 9.84 Å². The van der Waals surface area contributed by atoms with Crippen molar-refractivity contribution in [2.75, 3.05) is 12.8 Å². The average Bonchev–Trinajstić information content (AvgIpc) is 2.57. The minimum Gasteiger partial charge on any atom is -0.464 e. The summed E-state index contributed by atoms with van der Waals surface area (Å²) < 4.78 is 5.69. The van der Waals surface area contributed by atoms with Crippen molar-refractivity contribution >= 4 is 17.6 Å². The first-order chi connectivity index (χ1) is 6.97. The first-order valence-electron chi connectivity index (χ1n) is 4.19. The number of aromatic nitrogens is 2. The Kier molecular flexibility index (Phi) is 2.93. The number of anilines is 1. The van der Waals surface area contributed by atoms with Crippen LogP contribution in [-0.4, -0.2) is 28.8 Å². The van der Waals surface area contributed by atoms with Gasteiger partial charge in [0, 0.05) is 6.20 Å². The molecule has 1 amide bonds. The van der Waals surface area contributed by atoms with Crippen LogP contribution in [0.3, 0.4) is 0 Å². The van der Waals surface area contributed by atoms with E-state index in [-0.39, 0.29) is 11.4 Å². The van der Waals surface area contributed by atoms with E-state index in [1.54, 1.807) is 6.92 Å². The number of rotatable bonds is 3. The summed E-state index contributed by atoms with van der Waals surface area (Å²) in [5, 5.41) is 3.82. The Balaban J connectivity index is 3.05. The summed E-state index contributed by atoms with van der Waals surface area (Å²) in [4.78, 5) is 22.0. The first-order valence-corrected chi connectivity index (χ1v) is 4.19. The highest BCUT2D eigenvalue weighted by Gasteiger charge is 2.19. The maximum atomic E-state index is 11.1. The number of nitrogens with two attached hydrogens (primary N) is 2. The lowest BCUT2D eigenvalue weighted by atomic mass is 10.3. The molecule has 1 aromatic heterocycles. The number of esters is 1. The van der Waals surface area contributed by atoms with Crippen LogP contribution < -0.4 is 11.5 Å². The Labute approximate surface area is 86.0 Å². The van der Waals surface area contributed by atoms with Crippen molar-refractivity contribution in [1.82, 2.24) is 9.78 Å². The first kappa shape index (κ1) is 11.0. The van der Waals surface area contributed by atoms with Crippen LogP contribution in [0.4, 0.5) is 5.69 Å². The van der Waals surface area contributed by atoms with E-state index in [0.29, 0.717) is 0 Å². The zero-order valence-electron chi connectivity index (χ0n) is 8.43. The number of hydrogen-bond donors (Lipinski definition) is 2. The average molecular weight is 212 g/mol. The van der Waals surface area contributed by atoms with Crippen LogP contribution in [0.5, 0.6) is 0 Å². The molecule has 7 heteroatoms. The Morgan fingerprint density at radius 1 is 1.60 bits per heavy atom.